The number of aryl methyl sites for hydroxylation is 1. The van der Waals surface area contributed by atoms with Gasteiger partial charge in [-0.15, -0.1) is 12.4 Å². The van der Waals surface area contributed by atoms with Gasteiger partial charge in [0.25, 0.3) is 5.69 Å². The smallest absolute Gasteiger partial charge is 0.303 e. The predicted octanol–water partition coefficient (Wildman–Crippen LogP) is 5.49. The molecule has 33 heavy (non-hydrogen) atoms. The number of carbonyl (C=O) groups is 1. The Kier molecular flexibility index (Phi) is 5.91. The number of carbonyl (C=O) groups excluding carboxylic acids is 1. The lowest BCUT2D eigenvalue weighted by Gasteiger charge is -2.24. The second-order valence-electron chi connectivity index (χ2n) is 7.79. The van der Waals surface area contributed by atoms with Gasteiger partial charge in [0, 0.05) is 51.5 Å². The maximum atomic E-state index is 13.3. The van der Waals surface area contributed by atoms with E-state index in [0.717, 1.165) is 33.4 Å². The van der Waals surface area contributed by atoms with Crippen LogP contribution in [0.4, 0.5) is 11.4 Å². The molecular formula is C26H20ClN3O3. The molecule has 1 aromatic heterocycles. The molecule has 164 valence electrons. The summed E-state index contributed by atoms with van der Waals surface area (Å²) < 4.78 is 0. The number of nitro groups is 1. The molecule has 1 unspecified atom stereocenters. The molecule has 1 amide bonds. The van der Waals surface area contributed by atoms with Gasteiger partial charge < -0.3 is 4.98 Å². The average Bonchev–Trinajstić information content (AvgIpc) is 3.34. The molecule has 0 saturated carbocycles. The summed E-state index contributed by atoms with van der Waals surface area (Å²) in [6.45, 7) is 2.03. The number of rotatable bonds is 2. The summed E-state index contributed by atoms with van der Waals surface area (Å²) >= 11 is 0. The number of halogens is 1. The highest BCUT2D eigenvalue weighted by molar-refractivity contribution is 6.08. The summed E-state index contributed by atoms with van der Waals surface area (Å²) in [6.07, 6.45) is 0.712. The van der Waals surface area contributed by atoms with Crippen molar-refractivity contribution in [1.82, 2.24) is 4.98 Å². The Balaban J connectivity index is 0.00000259. The number of amides is 1. The highest BCUT2D eigenvalue weighted by atomic mass is 35.5. The number of aromatic amines is 1. The van der Waals surface area contributed by atoms with E-state index in [1.807, 2.05) is 49.4 Å². The molecule has 2 heterocycles. The van der Waals surface area contributed by atoms with Gasteiger partial charge in [0.2, 0.25) is 0 Å². The van der Waals surface area contributed by atoms with E-state index < -0.39 is 4.92 Å². The fourth-order valence-corrected chi connectivity index (χ4v) is 4.45. The monoisotopic (exact) mass is 457 g/mol. The molecule has 0 saturated heterocycles. The number of anilines is 1. The minimum atomic E-state index is -0.461. The normalized spacial score (nSPS) is 14.2. The maximum absolute atomic E-state index is 13.3. The Morgan fingerprint density at radius 2 is 1.76 bits per heavy atom. The molecule has 3 aromatic carbocycles. The number of benzene rings is 3. The van der Waals surface area contributed by atoms with Crippen molar-refractivity contribution in [2.24, 2.45) is 0 Å². The van der Waals surface area contributed by atoms with Crippen LogP contribution in [-0.4, -0.2) is 15.8 Å². The third-order valence-corrected chi connectivity index (χ3v) is 5.86. The summed E-state index contributed by atoms with van der Waals surface area (Å²) in [5.41, 5.74) is 5.69. The third-order valence-electron chi connectivity index (χ3n) is 5.86. The molecule has 0 radical (unpaired) electrons. The van der Waals surface area contributed by atoms with Gasteiger partial charge in [-0.1, -0.05) is 42.3 Å². The van der Waals surface area contributed by atoms with Gasteiger partial charge in [0.15, 0.2) is 0 Å². The van der Waals surface area contributed by atoms with Crippen molar-refractivity contribution in [3.63, 3.8) is 0 Å². The van der Waals surface area contributed by atoms with E-state index in [4.69, 9.17) is 0 Å². The summed E-state index contributed by atoms with van der Waals surface area (Å²) in [6, 6.07) is 21.7. The van der Waals surface area contributed by atoms with Crippen molar-refractivity contribution in [2.45, 2.75) is 19.4 Å². The average molecular weight is 458 g/mol. The summed E-state index contributed by atoms with van der Waals surface area (Å²) in [7, 11) is 0. The molecule has 5 rings (SSSR count). The first-order valence-electron chi connectivity index (χ1n) is 10.3. The molecule has 1 aliphatic rings. The number of hydrogen-bond donors (Lipinski definition) is 1. The zero-order valence-electron chi connectivity index (χ0n) is 17.7. The second kappa shape index (κ2) is 8.81. The van der Waals surface area contributed by atoms with Gasteiger partial charge in [-0.05, 0) is 43.2 Å². The molecule has 4 aromatic rings. The molecule has 6 nitrogen and oxygen atoms in total. The SMILES string of the molecule is Cc1[nH]c2ccccc2c1C1Cc2ccccc2N1C(=O)C#Cc1ccc([N+](=O)[O-])cc1.Cl. The molecule has 0 aliphatic carbocycles. The fourth-order valence-electron chi connectivity index (χ4n) is 4.45. The zero-order chi connectivity index (χ0) is 22.2. The van der Waals surface area contributed by atoms with Gasteiger partial charge >= 0.3 is 5.91 Å². The predicted molar refractivity (Wildman–Crippen MR) is 131 cm³/mol. The Labute approximate surface area is 196 Å². The first-order chi connectivity index (χ1) is 15.5. The van der Waals surface area contributed by atoms with Crippen molar-refractivity contribution in [3.05, 3.63) is 105 Å². The van der Waals surface area contributed by atoms with Crippen LogP contribution in [0.2, 0.25) is 0 Å². The number of para-hydroxylation sites is 2. The van der Waals surface area contributed by atoms with Crippen LogP contribution in [0.15, 0.2) is 72.8 Å². The van der Waals surface area contributed by atoms with E-state index in [0.29, 0.717) is 12.0 Å². The van der Waals surface area contributed by atoms with Crippen molar-refractivity contribution >= 4 is 40.6 Å². The zero-order valence-corrected chi connectivity index (χ0v) is 18.6. The first-order valence-corrected chi connectivity index (χ1v) is 10.3. The van der Waals surface area contributed by atoms with Crippen LogP contribution in [0.25, 0.3) is 10.9 Å². The number of non-ortho nitro benzene ring substituents is 1. The van der Waals surface area contributed by atoms with Crippen LogP contribution in [-0.2, 0) is 11.2 Å². The molecule has 0 spiro atoms. The number of nitrogens with zero attached hydrogens (tertiary/aromatic N) is 2. The van der Waals surface area contributed by atoms with Crippen molar-refractivity contribution in [1.29, 1.82) is 0 Å². The minimum absolute atomic E-state index is 0. The van der Waals surface area contributed by atoms with Crippen molar-refractivity contribution in [2.75, 3.05) is 4.90 Å². The number of nitro benzene ring substituents is 1. The Hall–Kier alpha value is -4.08. The number of aromatic nitrogens is 1. The standard InChI is InChI=1S/C26H19N3O3.ClH/c1-17-26(21-7-3-4-8-22(21)27-17)24-16-19-6-2-5-9-23(19)28(24)25(30)15-12-18-10-13-20(14-11-18)29(31)32;/h2-11,13-14,24,27H,16H2,1H3;1H. The molecule has 1 aliphatic heterocycles. The van der Waals surface area contributed by atoms with E-state index >= 15 is 0 Å². The molecule has 0 fully saturated rings. The van der Waals surface area contributed by atoms with E-state index in [1.54, 1.807) is 17.0 Å². The third kappa shape index (κ3) is 3.95. The lowest BCUT2D eigenvalue weighted by molar-refractivity contribution is -0.384. The summed E-state index contributed by atoms with van der Waals surface area (Å²) in [5, 5.41) is 11.9. The number of hydrogen-bond acceptors (Lipinski definition) is 3. The minimum Gasteiger partial charge on any atom is -0.358 e. The van der Waals surface area contributed by atoms with Crippen molar-refractivity contribution in [3.8, 4) is 11.8 Å². The second-order valence-corrected chi connectivity index (χ2v) is 7.79. The number of fused-ring (bicyclic) bond motifs is 2. The van der Waals surface area contributed by atoms with Gasteiger partial charge in [0.1, 0.15) is 0 Å². The maximum Gasteiger partial charge on any atom is 0.303 e. The van der Waals surface area contributed by atoms with Crippen LogP contribution in [0.3, 0.4) is 0 Å². The van der Waals surface area contributed by atoms with Crippen LogP contribution >= 0.6 is 12.4 Å². The van der Waals surface area contributed by atoms with Gasteiger partial charge in [-0.25, -0.2) is 0 Å². The Morgan fingerprint density at radius 1 is 1.06 bits per heavy atom. The topological polar surface area (TPSA) is 79.2 Å². The van der Waals surface area contributed by atoms with Gasteiger partial charge in [-0.2, -0.15) is 0 Å². The molecule has 1 N–H and O–H groups in total. The molecule has 0 bridgehead atoms. The molecule has 1 atom stereocenters. The fraction of sp³-hybridized carbons (Fsp3) is 0.115. The number of nitrogens with one attached hydrogen (secondary N) is 1. The van der Waals surface area contributed by atoms with Gasteiger partial charge in [0.05, 0.1) is 11.0 Å². The van der Waals surface area contributed by atoms with E-state index in [-0.39, 0.29) is 30.0 Å². The van der Waals surface area contributed by atoms with Crippen LogP contribution in [0.5, 0.6) is 0 Å². The van der Waals surface area contributed by atoms with E-state index in [9.17, 15) is 14.9 Å². The van der Waals surface area contributed by atoms with E-state index in [2.05, 4.69) is 22.9 Å². The van der Waals surface area contributed by atoms with Crippen LogP contribution < -0.4 is 4.90 Å². The highest BCUT2D eigenvalue weighted by Crippen LogP contribution is 2.43. The summed E-state index contributed by atoms with van der Waals surface area (Å²) in [4.78, 5) is 28.9. The summed E-state index contributed by atoms with van der Waals surface area (Å²) in [5.74, 6) is 5.31. The Morgan fingerprint density at radius 3 is 2.52 bits per heavy atom. The lowest BCUT2D eigenvalue weighted by Crippen LogP contribution is -2.31. The van der Waals surface area contributed by atoms with Gasteiger partial charge in [-0.3, -0.25) is 19.8 Å². The highest BCUT2D eigenvalue weighted by Gasteiger charge is 2.36. The quantitative estimate of drug-likeness (QED) is 0.245. The molecular weight excluding hydrogens is 438 g/mol. The largest absolute Gasteiger partial charge is 0.358 e. The van der Waals surface area contributed by atoms with Crippen LogP contribution in [0, 0.1) is 28.9 Å². The van der Waals surface area contributed by atoms with E-state index in [1.165, 1.54) is 12.1 Å². The Bertz CT molecular complexity index is 1430. The first kappa shape index (κ1) is 22.1. The van der Waals surface area contributed by atoms with Crippen molar-refractivity contribution < 1.29 is 9.72 Å². The lowest BCUT2D eigenvalue weighted by atomic mass is 9.99. The van der Waals surface area contributed by atoms with Crippen LogP contribution in [0.1, 0.15) is 28.4 Å². The molecule has 7 heteroatoms. The number of H-pyrrole nitrogens is 1.